The molecule has 0 aliphatic heterocycles. The fourth-order valence-corrected chi connectivity index (χ4v) is 8.52. The highest BCUT2D eigenvalue weighted by atomic mass is 33.1. The number of nitrogens with zero attached hydrogens (tertiary/aromatic N) is 4. The smallest absolute Gasteiger partial charge is 0.204 e. The van der Waals surface area contributed by atoms with Crippen LogP contribution in [0, 0.1) is 0 Å². The molecule has 4 nitrogen and oxygen atoms in total. The highest BCUT2D eigenvalue weighted by Gasteiger charge is 2.10. The van der Waals surface area contributed by atoms with Crippen molar-refractivity contribution in [1.29, 1.82) is 0 Å². The first kappa shape index (κ1) is 42.1. The number of unbranched alkanes of at least 4 members (excludes halogenated alkanes) is 2. The first-order chi connectivity index (χ1) is 27.7. The van der Waals surface area contributed by atoms with E-state index in [1.807, 2.05) is 45.9 Å². The lowest BCUT2D eigenvalue weighted by atomic mass is 10.1. The standard InChI is InChI=1S/C50H57N4S2/c1-51-36-14-5-3-4-8-20-44-27-32-49(33-28-44)53(42-46-21-9-6-10-22-46)38-16-18-40-55-56-41-19-17-39-54(43-47-23-11-7-12-24-47)50-34-29-45(30-35-50)26-31-48-25-13-15-37-52(48)2/h3-15,20-37H,16-19,38-43H2,1-2H3/q+1/b4-3+,14-5-,20-8+,51-36?. The number of aryl methyl sites for hydroxylation is 1. The molecule has 0 atom stereocenters. The molecule has 0 amide bonds. The summed E-state index contributed by atoms with van der Waals surface area (Å²) in [6, 6.07) is 45.9. The molecule has 56 heavy (non-hydrogen) atoms. The van der Waals surface area contributed by atoms with Crippen LogP contribution in [0.3, 0.4) is 0 Å². The summed E-state index contributed by atoms with van der Waals surface area (Å²) in [6.45, 7) is 3.94. The number of aromatic nitrogens is 1. The Hall–Kier alpha value is -5.04. The van der Waals surface area contributed by atoms with Gasteiger partial charge in [-0.1, -0.05) is 137 Å². The van der Waals surface area contributed by atoms with Crippen molar-refractivity contribution in [2.24, 2.45) is 12.0 Å². The molecule has 0 aliphatic carbocycles. The van der Waals surface area contributed by atoms with E-state index in [2.05, 4.69) is 184 Å². The molecule has 1 aromatic heterocycles. The van der Waals surface area contributed by atoms with Gasteiger partial charge in [0.15, 0.2) is 6.20 Å². The van der Waals surface area contributed by atoms with Gasteiger partial charge in [0.25, 0.3) is 0 Å². The molecule has 5 rings (SSSR count). The zero-order chi connectivity index (χ0) is 38.9. The number of allylic oxidation sites excluding steroid dienone is 5. The lowest BCUT2D eigenvalue weighted by Gasteiger charge is -2.25. The average molecular weight is 778 g/mol. The van der Waals surface area contributed by atoms with Gasteiger partial charge in [-0.05, 0) is 90.4 Å². The highest BCUT2D eigenvalue weighted by molar-refractivity contribution is 8.76. The molecule has 0 aliphatic rings. The number of pyridine rings is 1. The second kappa shape index (κ2) is 25.2. The fraction of sp³-hybridized carbons (Fsp3) is 0.240. The molecular formula is C50H57N4S2+. The molecule has 0 N–H and O–H groups in total. The van der Waals surface area contributed by atoms with Gasteiger partial charge in [0, 0.05) is 80.5 Å². The van der Waals surface area contributed by atoms with E-state index in [0.29, 0.717) is 0 Å². The quantitative estimate of drug-likeness (QED) is 0.0217. The summed E-state index contributed by atoms with van der Waals surface area (Å²) in [4.78, 5) is 9.01. The summed E-state index contributed by atoms with van der Waals surface area (Å²) in [5.74, 6) is 2.37. The van der Waals surface area contributed by atoms with E-state index in [0.717, 1.165) is 26.2 Å². The van der Waals surface area contributed by atoms with Gasteiger partial charge in [0.1, 0.15) is 7.05 Å². The largest absolute Gasteiger partial charge is 0.367 e. The van der Waals surface area contributed by atoms with Crippen molar-refractivity contribution < 1.29 is 4.57 Å². The van der Waals surface area contributed by atoms with Crippen molar-refractivity contribution in [3.8, 4) is 0 Å². The molecular weight excluding hydrogens is 721 g/mol. The predicted molar refractivity (Wildman–Crippen MR) is 250 cm³/mol. The van der Waals surface area contributed by atoms with Crippen LogP contribution in [-0.2, 0) is 20.1 Å². The zero-order valence-corrected chi connectivity index (χ0v) is 34.7. The zero-order valence-electron chi connectivity index (χ0n) is 33.1. The Kier molecular flexibility index (Phi) is 18.9. The fourth-order valence-electron chi connectivity index (χ4n) is 6.23. The SMILES string of the molecule is CN=C\C=C/C=C/C=C/c1ccc(N(CCCCSSCCCCN(Cc2ccccc2)c2ccc(/C=C/c3cccc[n+]3C)cc2)Cc2ccccc2)cc1. The molecule has 0 unspecified atom stereocenters. The van der Waals surface area contributed by atoms with E-state index in [-0.39, 0.29) is 0 Å². The molecule has 0 saturated heterocycles. The number of rotatable bonds is 23. The van der Waals surface area contributed by atoms with Crippen LogP contribution in [0.2, 0.25) is 0 Å². The molecule has 0 radical (unpaired) electrons. The van der Waals surface area contributed by atoms with E-state index in [1.165, 1.54) is 76.5 Å². The highest BCUT2D eigenvalue weighted by Crippen LogP contribution is 2.26. The predicted octanol–water partition coefficient (Wildman–Crippen LogP) is 12.2. The average Bonchev–Trinajstić information content (AvgIpc) is 3.24. The monoisotopic (exact) mass is 777 g/mol. The van der Waals surface area contributed by atoms with E-state index < -0.39 is 0 Å². The minimum atomic E-state index is 0.920. The maximum atomic E-state index is 3.95. The van der Waals surface area contributed by atoms with Crippen molar-refractivity contribution >= 4 is 57.4 Å². The van der Waals surface area contributed by atoms with Gasteiger partial charge in [-0.15, -0.1) is 0 Å². The van der Waals surface area contributed by atoms with E-state index in [9.17, 15) is 0 Å². The first-order valence-corrected chi connectivity index (χ1v) is 22.2. The minimum absolute atomic E-state index is 0.920. The lowest BCUT2D eigenvalue weighted by molar-refractivity contribution is -0.673. The van der Waals surface area contributed by atoms with Crippen molar-refractivity contribution in [2.45, 2.75) is 38.8 Å². The second-order valence-corrected chi connectivity index (χ2v) is 16.4. The van der Waals surface area contributed by atoms with Gasteiger partial charge in [0.05, 0.1) is 0 Å². The Morgan fingerprint density at radius 2 is 1.02 bits per heavy atom. The number of anilines is 2. The van der Waals surface area contributed by atoms with Gasteiger partial charge < -0.3 is 9.80 Å². The van der Waals surface area contributed by atoms with Gasteiger partial charge in [0.2, 0.25) is 5.69 Å². The minimum Gasteiger partial charge on any atom is -0.367 e. The second-order valence-electron chi connectivity index (χ2n) is 13.7. The lowest BCUT2D eigenvalue weighted by Crippen LogP contribution is -2.30. The molecule has 0 fully saturated rings. The van der Waals surface area contributed by atoms with Crippen LogP contribution in [-0.4, -0.2) is 37.9 Å². The summed E-state index contributed by atoms with van der Waals surface area (Å²) < 4.78 is 2.14. The third-order valence-corrected chi connectivity index (χ3v) is 11.9. The number of hydrogen-bond acceptors (Lipinski definition) is 5. The van der Waals surface area contributed by atoms with Gasteiger partial charge in [-0.3, -0.25) is 4.99 Å². The van der Waals surface area contributed by atoms with Crippen LogP contribution in [0.1, 0.15) is 53.6 Å². The molecule has 1 heterocycles. The van der Waals surface area contributed by atoms with Crippen molar-refractivity contribution in [2.75, 3.05) is 41.4 Å². The Morgan fingerprint density at radius 1 is 0.518 bits per heavy atom. The van der Waals surface area contributed by atoms with Crippen LogP contribution in [0.4, 0.5) is 11.4 Å². The van der Waals surface area contributed by atoms with Crippen LogP contribution in [0.15, 0.2) is 169 Å². The maximum absolute atomic E-state index is 3.95. The molecule has 288 valence electrons. The van der Waals surface area contributed by atoms with E-state index >= 15 is 0 Å². The summed E-state index contributed by atoms with van der Waals surface area (Å²) in [6.07, 6.45) is 25.2. The van der Waals surface area contributed by atoms with Crippen LogP contribution >= 0.6 is 21.6 Å². The summed E-state index contributed by atoms with van der Waals surface area (Å²) >= 11 is 0. The van der Waals surface area contributed by atoms with Crippen LogP contribution < -0.4 is 14.4 Å². The van der Waals surface area contributed by atoms with Gasteiger partial charge in [-0.2, -0.15) is 0 Å². The Bertz CT molecular complexity index is 1970. The summed E-state index contributed by atoms with van der Waals surface area (Å²) in [5, 5.41) is 0. The van der Waals surface area contributed by atoms with Crippen molar-refractivity contribution in [3.05, 3.63) is 192 Å². The third-order valence-electron chi connectivity index (χ3n) is 9.35. The Balaban J connectivity index is 1.04. The van der Waals surface area contributed by atoms with Crippen LogP contribution in [0.5, 0.6) is 0 Å². The molecule has 5 aromatic rings. The number of aliphatic imine (C=N–C) groups is 1. The summed E-state index contributed by atoms with van der Waals surface area (Å²) in [5.41, 5.74) is 8.84. The maximum Gasteiger partial charge on any atom is 0.204 e. The first-order valence-electron chi connectivity index (χ1n) is 19.7. The molecule has 6 heteroatoms. The van der Waals surface area contributed by atoms with Crippen molar-refractivity contribution in [3.63, 3.8) is 0 Å². The van der Waals surface area contributed by atoms with Gasteiger partial charge in [-0.25, -0.2) is 4.57 Å². The topological polar surface area (TPSA) is 22.7 Å². The van der Waals surface area contributed by atoms with E-state index in [1.54, 1.807) is 13.3 Å². The third kappa shape index (κ3) is 15.6. The molecule has 4 aromatic carbocycles. The van der Waals surface area contributed by atoms with Crippen LogP contribution in [0.25, 0.3) is 18.2 Å². The van der Waals surface area contributed by atoms with E-state index in [4.69, 9.17) is 0 Å². The van der Waals surface area contributed by atoms with Gasteiger partial charge >= 0.3 is 0 Å². The molecule has 0 bridgehead atoms. The Labute approximate surface area is 344 Å². The van der Waals surface area contributed by atoms with Crippen molar-refractivity contribution in [1.82, 2.24) is 0 Å². The summed E-state index contributed by atoms with van der Waals surface area (Å²) in [7, 11) is 7.93. The number of benzene rings is 4. The molecule has 0 saturated carbocycles. The normalized spacial score (nSPS) is 11.9. The number of hydrogen-bond donors (Lipinski definition) is 0. The molecule has 0 spiro atoms. The Morgan fingerprint density at radius 3 is 1.55 bits per heavy atom.